The van der Waals surface area contributed by atoms with Crippen molar-refractivity contribution in [2.24, 2.45) is 0 Å². The van der Waals surface area contributed by atoms with Gasteiger partial charge in [0.2, 0.25) is 0 Å². The van der Waals surface area contributed by atoms with Crippen molar-refractivity contribution in [2.45, 2.75) is 12.6 Å². The topological polar surface area (TPSA) is 113 Å². The Morgan fingerprint density at radius 2 is 2.09 bits per heavy atom. The standard InChI is InChI=1S/C21H16F2N6O3S/c22-13-6-8-28(12-13)33(30,31)27-18-4-2-17(23)21(16(18)10-24)32-15-1-3-19-20(9-15)29-14(11-25-19)5-7-26-29/h1-5,7,9,11,13,27H,6,8,12H2/t13-/m1/s1. The molecule has 3 heterocycles. The summed E-state index contributed by atoms with van der Waals surface area (Å²) in [5.41, 5.74) is 1.45. The highest BCUT2D eigenvalue weighted by molar-refractivity contribution is 7.90. The lowest BCUT2D eigenvalue weighted by molar-refractivity contribution is 0.343. The molecular weight excluding hydrogens is 454 g/mol. The van der Waals surface area contributed by atoms with E-state index in [-0.39, 0.29) is 36.5 Å². The molecule has 1 aliphatic rings. The molecule has 9 nitrogen and oxygen atoms in total. The predicted octanol–water partition coefficient (Wildman–Crippen LogP) is 3.39. The van der Waals surface area contributed by atoms with Crippen LogP contribution < -0.4 is 9.46 Å². The second-order valence-electron chi connectivity index (χ2n) is 7.44. The molecule has 1 N–H and O–H groups in total. The van der Waals surface area contributed by atoms with E-state index in [1.165, 1.54) is 0 Å². The first-order valence-electron chi connectivity index (χ1n) is 9.90. The molecule has 168 valence electrons. The van der Waals surface area contributed by atoms with Gasteiger partial charge in [-0.25, -0.2) is 13.3 Å². The molecule has 5 rings (SSSR count). The Balaban J connectivity index is 1.52. The number of nitriles is 1. The Morgan fingerprint density at radius 1 is 1.24 bits per heavy atom. The summed E-state index contributed by atoms with van der Waals surface area (Å²) in [4.78, 5) is 4.33. The van der Waals surface area contributed by atoms with E-state index < -0.39 is 27.9 Å². The molecule has 1 atom stereocenters. The van der Waals surface area contributed by atoms with Crippen LogP contribution in [0.5, 0.6) is 11.5 Å². The highest BCUT2D eigenvalue weighted by atomic mass is 32.2. The molecule has 0 bridgehead atoms. The molecule has 33 heavy (non-hydrogen) atoms. The van der Waals surface area contributed by atoms with E-state index in [1.54, 1.807) is 47.2 Å². The number of aromatic nitrogens is 3. The van der Waals surface area contributed by atoms with Crippen molar-refractivity contribution in [3.8, 4) is 17.6 Å². The highest BCUT2D eigenvalue weighted by Gasteiger charge is 2.32. The van der Waals surface area contributed by atoms with Crippen LogP contribution in [0.4, 0.5) is 14.5 Å². The van der Waals surface area contributed by atoms with Crippen LogP contribution >= 0.6 is 0 Å². The lowest BCUT2D eigenvalue weighted by Crippen LogP contribution is -2.34. The molecule has 0 unspecified atom stereocenters. The van der Waals surface area contributed by atoms with Crippen molar-refractivity contribution in [1.82, 2.24) is 18.9 Å². The van der Waals surface area contributed by atoms with Crippen LogP contribution in [-0.2, 0) is 10.2 Å². The van der Waals surface area contributed by atoms with Crippen molar-refractivity contribution in [3.05, 3.63) is 60.2 Å². The first kappa shape index (κ1) is 21.0. The van der Waals surface area contributed by atoms with Gasteiger partial charge in [0.15, 0.2) is 11.6 Å². The minimum absolute atomic E-state index is 0.00988. The smallest absolute Gasteiger partial charge is 0.301 e. The maximum absolute atomic E-state index is 14.7. The Labute approximate surface area is 187 Å². The zero-order valence-electron chi connectivity index (χ0n) is 16.9. The molecule has 0 spiro atoms. The van der Waals surface area contributed by atoms with Crippen molar-refractivity contribution >= 4 is 32.4 Å². The van der Waals surface area contributed by atoms with E-state index in [4.69, 9.17) is 4.74 Å². The van der Waals surface area contributed by atoms with Gasteiger partial charge in [0.1, 0.15) is 23.6 Å². The number of fused-ring (bicyclic) bond motifs is 3. The van der Waals surface area contributed by atoms with Gasteiger partial charge in [0.05, 0.1) is 34.6 Å². The zero-order chi connectivity index (χ0) is 23.2. The van der Waals surface area contributed by atoms with Crippen molar-refractivity contribution < 1.29 is 21.9 Å². The maximum Gasteiger partial charge on any atom is 0.301 e. The Morgan fingerprint density at radius 3 is 2.85 bits per heavy atom. The fourth-order valence-electron chi connectivity index (χ4n) is 3.67. The van der Waals surface area contributed by atoms with Crippen LogP contribution in [0, 0.1) is 17.1 Å². The van der Waals surface area contributed by atoms with Gasteiger partial charge in [-0.2, -0.15) is 23.1 Å². The molecule has 0 radical (unpaired) electrons. The summed E-state index contributed by atoms with van der Waals surface area (Å²) in [6, 6.07) is 10.5. The Bertz CT molecular complexity index is 1530. The minimum Gasteiger partial charge on any atom is -0.453 e. The molecule has 1 saturated heterocycles. The number of nitrogens with one attached hydrogen (secondary N) is 1. The van der Waals surface area contributed by atoms with Crippen LogP contribution in [0.1, 0.15) is 12.0 Å². The molecule has 1 aliphatic heterocycles. The third kappa shape index (κ3) is 3.81. The lowest BCUT2D eigenvalue weighted by Gasteiger charge is -2.18. The zero-order valence-corrected chi connectivity index (χ0v) is 17.8. The summed E-state index contributed by atoms with van der Waals surface area (Å²) < 4.78 is 63.8. The number of ether oxygens (including phenoxy) is 1. The number of anilines is 1. The number of benzene rings is 2. The summed E-state index contributed by atoms with van der Waals surface area (Å²) in [6.07, 6.45) is 2.10. The van der Waals surface area contributed by atoms with Gasteiger partial charge >= 0.3 is 10.2 Å². The van der Waals surface area contributed by atoms with Gasteiger partial charge < -0.3 is 4.74 Å². The number of alkyl halides is 1. The third-order valence-corrected chi connectivity index (χ3v) is 6.79. The second-order valence-corrected chi connectivity index (χ2v) is 9.11. The molecular formula is C21H16F2N6O3S. The average Bonchev–Trinajstić information content (AvgIpc) is 3.45. The van der Waals surface area contributed by atoms with E-state index in [0.29, 0.717) is 11.0 Å². The van der Waals surface area contributed by atoms with Crippen LogP contribution in [-0.4, -0.2) is 46.6 Å². The summed E-state index contributed by atoms with van der Waals surface area (Å²) in [6.45, 7) is -0.273. The maximum atomic E-state index is 14.7. The average molecular weight is 470 g/mol. The van der Waals surface area contributed by atoms with Crippen molar-refractivity contribution in [3.63, 3.8) is 0 Å². The quantitative estimate of drug-likeness (QED) is 0.479. The van der Waals surface area contributed by atoms with Crippen molar-refractivity contribution in [2.75, 3.05) is 17.8 Å². The number of halogens is 2. The minimum atomic E-state index is -4.13. The predicted molar refractivity (Wildman–Crippen MR) is 115 cm³/mol. The molecule has 2 aromatic carbocycles. The largest absolute Gasteiger partial charge is 0.453 e. The third-order valence-electron chi connectivity index (χ3n) is 5.30. The lowest BCUT2D eigenvalue weighted by atomic mass is 10.1. The van der Waals surface area contributed by atoms with Gasteiger partial charge in [-0.1, -0.05) is 0 Å². The van der Waals surface area contributed by atoms with E-state index in [1.807, 2.05) is 0 Å². The van der Waals surface area contributed by atoms with Crippen LogP contribution in [0.3, 0.4) is 0 Å². The molecule has 0 saturated carbocycles. The second kappa shape index (κ2) is 7.95. The molecule has 4 aromatic rings. The molecule has 12 heteroatoms. The van der Waals surface area contributed by atoms with Crippen LogP contribution in [0.15, 0.2) is 48.8 Å². The SMILES string of the molecule is N#Cc1c(NS(=O)(=O)N2CC[C@@H](F)C2)ccc(F)c1Oc1ccc2ncc3ccnn3c2c1. The van der Waals surface area contributed by atoms with Gasteiger partial charge in [-0.15, -0.1) is 0 Å². The van der Waals surface area contributed by atoms with E-state index in [2.05, 4.69) is 14.8 Å². The fraction of sp³-hybridized carbons (Fsp3) is 0.190. The molecule has 1 fully saturated rings. The van der Waals surface area contributed by atoms with Crippen LogP contribution in [0.2, 0.25) is 0 Å². The Kier molecular flexibility index (Phi) is 5.07. The first-order valence-corrected chi connectivity index (χ1v) is 11.3. The Hall–Kier alpha value is -3.82. The molecule has 0 aliphatic carbocycles. The summed E-state index contributed by atoms with van der Waals surface area (Å²) in [5, 5.41) is 13.9. The van der Waals surface area contributed by atoms with Gasteiger partial charge in [-0.3, -0.25) is 9.71 Å². The number of rotatable bonds is 5. The van der Waals surface area contributed by atoms with E-state index in [0.717, 1.165) is 22.0 Å². The number of hydrogen-bond acceptors (Lipinski definition) is 6. The normalized spacial score (nSPS) is 16.8. The van der Waals surface area contributed by atoms with Crippen molar-refractivity contribution in [1.29, 1.82) is 5.26 Å². The van der Waals surface area contributed by atoms with Gasteiger partial charge in [0.25, 0.3) is 0 Å². The monoisotopic (exact) mass is 470 g/mol. The first-order chi connectivity index (χ1) is 15.9. The van der Waals surface area contributed by atoms with E-state index in [9.17, 15) is 22.5 Å². The highest BCUT2D eigenvalue weighted by Crippen LogP contribution is 2.35. The molecule has 2 aromatic heterocycles. The van der Waals surface area contributed by atoms with Crippen LogP contribution in [0.25, 0.3) is 16.6 Å². The summed E-state index contributed by atoms with van der Waals surface area (Å²) in [5.74, 6) is -1.10. The summed E-state index contributed by atoms with van der Waals surface area (Å²) in [7, 11) is -4.13. The number of hydrogen-bond donors (Lipinski definition) is 1. The number of nitrogens with zero attached hydrogens (tertiary/aromatic N) is 5. The fourth-order valence-corrected chi connectivity index (χ4v) is 4.96. The summed E-state index contributed by atoms with van der Waals surface area (Å²) >= 11 is 0. The van der Waals surface area contributed by atoms with Gasteiger partial charge in [0, 0.05) is 19.2 Å². The molecule has 0 amide bonds. The van der Waals surface area contributed by atoms with Gasteiger partial charge in [-0.05, 0) is 36.8 Å². The van der Waals surface area contributed by atoms with E-state index >= 15 is 0 Å².